The van der Waals surface area contributed by atoms with Crippen molar-refractivity contribution in [3.63, 3.8) is 0 Å². The average molecular weight is 286 g/mol. The zero-order chi connectivity index (χ0) is 13.5. The molecular formula is C13H22N2O3S. The Morgan fingerprint density at radius 3 is 2.58 bits per heavy atom. The van der Waals surface area contributed by atoms with Crippen molar-refractivity contribution < 1.29 is 13.2 Å². The van der Waals surface area contributed by atoms with E-state index in [-0.39, 0.29) is 17.2 Å². The number of sulfone groups is 1. The van der Waals surface area contributed by atoms with E-state index < -0.39 is 9.84 Å². The summed E-state index contributed by atoms with van der Waals surface area (Å²) >= 11 is 0. The van der Waals surface area contributed by atoms with Gasteiger partial charge in [-0.2, -0.15) is 0 Å². The Balaban J connectivity index is 1.61. The first-order chi connectivity index (χ1) is 9.06. The molecule has 2 unspecified atom stereocenters. The zero-order valence-corrected chi connectivity index (χ0v) is 12.0. The molecule has 0 aromatic rings. The van der Waals surface area contributed by atoms with Crippen molar-refractivity contribution in [2.75, 3.05) is 18.8 Å². The number of likely N-dealkylation sites (tertiary alicyclic amines) is 1. The lowest BCUT2D eigenvalue weighted by atomic mass is 10.0. The van der Waals surface area contributed by atoms with Crippen LogP contribution in [-0.2, 0) is 14.6 Å². The highest BCUT2D eigenvalue weighted by molar-refractivity contribution is 7.92. The maximum Gasteiger partial charge on any atom is 0.239 e. The molecule has 1 amide bonds. The summed E-state index contributed by atoms with van der Waals surface area (Å²) in [6, 6.07) is 0.439. The van der Waals surface area contributed by atoms with Crippen LogP contribution in [0.4, 0.5) is 0 Å². The molecule has 0 bridgehead atoms. The number of piperidine rings is 1. The van der Waals surface area contributed by atoms with Gasteiger partial charge in [0.1, 0.15) is 0 Å². The van der Waals surface area contributed by atoms with Gasteiger partial charge in [0, 0.05) is 19.1 Å². The van der Waals surface area contributed by atoms with Gasteiger partial charge in [0.25, 0.3) is 0 Å². The van der Waals surface area contributed by atoms with E-state index in [1.807, 2.05) is 0 Å². The summed E-state index contributed by atoms with van der Waals surface area (Å²) in [6.07, 6.45) is 5.67. The van der Waals surface area contributed by atoms with Crippen molar-refractivity contribution in [1.29, 1.82) is 0 Å². The monoisotopic (exact) mass is 286 g/mol. The predicted octanol–water partition coefficient (Wildman–Crippen LogP) is 0.307. The highest BCUT2D eigenvalue weighted by atomic mass is 32.2. The van der Waals surface area contributed by atoms with Crippen LogP contribution in [0.5, 0.6) is 0 Å². The fraction of sp³-hybridized carbons (Fsp3) is 0.923. The highest BCUT2D eigenvalue weighted by Gasteiger charge is 2.38. The first kappa shape index (κ1) is 13.4. The number of carbonyl (C=O) groups excluding carboxylic acids is 1. The highest BCUT2D eigenvalue weighted by Crippen LogP contribution is 2.25. The molecule has 1 N–H and O–H groups in total. The van der Waals surface area contributed by atoms with Crippen LogP contribution < -0.4 is 5.32 Å². The lowest BCUT2D eigenvalue weighted by Crippen LogP contribution is -2.53. The Morgan fingerprint density at radius 2 is 1.95 bits per heavy atom. The lowest BCUT2D eigenvalue weighted by Gasteiger charge is -2.34. The molecule has 108 valence electrons. The van der Waals surface area contributed by atoms with E-state index in [0.717, 1.165) is 19.3 Å². The van der Waals surface area contributed by atoms with Gasteiger partial charge >= 0.3 is 0 Å². The van der Waals surface area contributed by atoms with Crippen LogP contribution in [0.15, 0.2) is 0 Å². The van der Waals surface area contributed by atoms with Gasteiger partial charge in [-0.1, -0.05) is 0 Å². The molecule has 5 nitrogen and oxygen atoms in total. The third-order valence-electron chi connectivity index (χ3n) is 4.43. The number of nitrogens with one attached hydrogen (secondary N) is 1. The van der Waals surface area contributed by atoms with E-state index in [1.54, 1.807) is 4.90 Å². The lowest BCUT2D eigenvalue weighted by molar-refractivity contribution is -0.136. The van der Waals surface area contributed by atoms with Crippen LogP contribution in [0.2, 0.25) is 0 Å². The van der Waals surface area contributed by atoms with Crippen LogP contribution in [0.3, 0.4) is 0 Å². The molecule has 2 atom stereocenters. The molecule has 0 aromatic carbocycles. The quantitative estimate of drug-likeness (QED) is 0.807. The van der Waals surface area contributed by atoms with E-state index in [0.29, 0.717) is 31.3 Å². The van der Waals surface area contributed by atoms with Gasteiger partial charge < -0.3 is 10.2 Å². The van der Waals surface area contributed by atoms with Crippen molar-refractivity contribution in [2.24, 2.45) is 0 Å². The fourth-order valence-corrected chi connectivity index (χ4v) is 4.96. The van der Waals surface area contributed by atoms with Gasteiger partial charge in [-0.3, -0.25) is 4.79 Å². The van der Waals surface area contributed by atoms with E-state index in [4.69, 9.17) is 0 Å². The SMILES string of the molecule is O=C1C(NC2CC2)CCCN1CC1CCCS1(=O)=O. The van der Waals surface area contributed by atoms with Gasteiger partial charge in [0.15, 0.2) is 9.84 Å². The van der Waals surface area contributed by atoms with Crippen LogP contribution in [0, 0.1) is 0 Å². The van der Waals surface area contributed by atoms with Crippen molar-refractivity contribution in [3.8, 4) is 0 Å². The largest absolute Gasteiger partial charge is 0.340 e. The van der Waals surface area contributed by atoms with E-state index in [9.17, 15) is 13.2 Å². The Bertz CT molecular complexity index is 459. The molecule has 2 heterocycles. The van der Waals surface area contributed by atoms with Gasteiger partial charge in [0.05, 0.1) is 17.0 Å². The minimum Gasteiger partial charge on any atom is -0.340 e. The third-order valence-corrected chi connectivity index (χ3v) is 6.69. The average Bonchev–Trinajstić information content (AvgIpc) is 3.10. The summed E-state index contributed by atoms with van der Waals surface area (Å²) in [5.74, 6) is 0.406. The van der Waals surface area contributed by atoms with Crippen molar-refractivity contribution in [2.45, 2.75) is 55.9 Å². The molecule has 1 aliphatic carbocycles. The van der Waals surface area contributed by atoms with Crippen molar-refractivity contribution >= 4 is 15.7 Å². The predicted molar refractivity (Wildman–Crippen MR) is 72.6 cm³/mol. The second kappa shape index (κ2) is 5.05. The molecule has 2 aliphatic heterocycles. The maximum absolute atomic E-state index is 12.4. The second-order valence-corrected chi connectivity index (χ2v) is 8.45. The maximum atomic E-state index is 12.4. The molecule has 0 aromatic heterocycles. The van der Waals surface area contributed by atoms with Gasteiger partial charge in [-0.15, -0.1) is 0 Å². The molecule has 3 fully saturated rings. The van der Waals surface area contributed by atoms with E-state index in [2.05, 4.69) is 5.32 Å². The number of hydrogen-bond acceptors (Lipinski definition) is 4. The summed E-state index contributed by atoms with van der Waals surface area (Å²) in [7, 11) is -2.95. The van der Waals surface area contributed by atoms with Crippen LogP contribution in [0.1, 0.15) is 38.5 Å². The van der Waals surface area contributed by atoms with E-state index >= 15 is 0 Å². The number of hydrogen-bond donors (Lipinski definition) is 1. The number of rotatable bonds is 4. The summed E-state index contributed by atoms with van der Waals surface area (Å²) in [5.41, 5.74) is 0. The molecule has 1 saturated carbocycles. The number of carbonyl (C=O) groups is 1. The van der Waals surface area contributed by atoms with Crippen LogP contribution in [-0.4, -0.2) is 55.4 Å². The smallest absolute Gasteiger partial charge is 0.239 e. The van der Waals surface area contributed by atoms with Crippen LogP contribution in [0.25, 0.3) is 0 Å². The standard InChI is InChI=1S/C13H22N2O3S/c16-13-12(14-10-5-6-10)4-1-7-15(13)9-11-3-2-8-19(11,17)18/h10-12,14H,1-9H2. The number of amides is 1. The first-order valence-electron chi connectivity index (χ1n) is 7.33. The van der Waals surface area contributed by atoms with Gasteiger partial charge in [-0.05, 0) is 38.5 Å². The summed E-state index contributed by atoms with van der Waals surface area (Å²) in [6.45, 7) is 1.12. The zero-order valence-electron chi connectivity index (χ0n) is 11.2. The number of nitrogens with zero attached hydrogens (tertiary/aromatic N) is 1. The van der Waals surface area contributed by atoms with Crippen molar-refractivity contribution in [3.05, 3.63) is 0 Å². The Labute approximate surface area is 114 Å². The first-order valence-corrected chi connectivity index (χ1v) is 9.04. The van der Waals surface area contributed by atoms with E-state index in [1.165, 1.54) is 12.8 Å². The normalized spacial score (nSPS) is 34.7. The molecular weight excluding hydrogens is 264 g/mol. The third kappa shape index (κ3) is 2.94. The van der Waals surface area contributed by atoms with Crippen molar-refractivity contribution in [1.82, 2.24) is 10.2 Å². The second-order valence-electron chi connectivity index (χ2n) is 6.05. The summed E-state index contributed by atoms with van der Waals surface area (Å²) in [5, 5.41) is 3.05. The van der Waals surface area contributed by atoms with Crippen LogP contribution >= 0.6 is 0 Å². The molecule has 19 heavy (non-hydrogen) atoms. The fourth-order valence-electron chi connectivity index (χ4n) is 3.12. The molecule has 3 aliphatic rings. The Hall–Kier alpha value is -0.620. The summed E-state index contributed by atoms with van der Waals surface area (Å²) < 4.78 is 23.7. The molecule has 0 radical (unpaired) electrons. The minimum atomic E-state index is -2.95. The van der Waals surface area contributed by atoms with Gasteiger partial charge in [0.2, 0.25) is 5.91 Å². The summed E-state index contributed by atoms with van der Waals surface area (Å²) in [4.78, 5) is 14.1. The molecule has 6 heteroatoms. The molecule has 0 spiro atoms. The molecule has 2 saturated heterocycles. The minimum absolute atomic E-state index is 0.0784. The Kier molecular flexibility index (Phi) is 3.55. The molecule has 3 rings (SSSR count). The topological polar surface area (TPSA) is 66.5 Å². The Morgan fingerprint density at radius 1 is 1.16 bits per heavy atom. The van der Waals surface area contributed by atoms with Gasteiger partial charge in [-0.25, -0.2) is 8.42 Å².